The summed E-state index contributed by atoms with van der Waals surface area (Å²) in [5, 5.41) is 13.0. The van der Waals surface area contributed by atoms with Crippen molar-refractivity contribution in [3.05, 3.63) is 29.7 Å². The molecular weight excluding hydrogens is 434 g/mol. The molecule has 10 nitrogen and oxygen atoms in total. The topological polar surface area (TPSA) is 134 Å². The van der Waals surface area contributed by atoms with Gasteiger partial charge in [-0.3, -0.25) is 9.59 Å². The highest BCUT2D eigenvalue weighted by Crippen LogP contribution is 2.34. The van der Waals surface area contributed by atoms with Crippen molar-refractivity contribution in [3.63, 3.8) is 0 Å². The number of carbonyl (C=O) groups excluding carboxylic acids is 2. The molecule has 4 rings (SSSR count). The Labute approximate surface area is 186 Å². The summed E-state index contributed by atoms with van der Waals surface area (Å²) in [7, 11) is -3.25. The molecule has 11 heteroatoms. The molecule has 1 aromatic heterocycles. The maximum absolute atomic E-state index is 12.8. The number of sulfonamides is 1. The first kappa shape index (κ1) is 22.3. The fraction of sp³-hybridized carbons (Fsp3) is 0.476. The predicted molar refractivity (Wildman–Crippen MR) is 120 cm³/mol. The average molecular weight is 462 g/mol. The minimum atomic E-state index is -3.25. The maximum atomic E-state index is 12.8. The smallest absolute Gasteiger partial charge is 0.247 e. The van der Waals surface area contributed by atoms with E-state index in [-0.39, 0.29) is 17.9 Å². The minimum absolute atomic E-state index is 0.0866. The van der Waals surface area contributed by atoms with Gasteiger partial charge in [-0.25, -0.2) is 12.7 Å². The molecule has 2 atom stereocenters. The molecule has 2 saturated heterocycles. The van der Waals surface area contributed by atoms with Gasteiger partial charge in [-0.05, 0) is 44.4 Å². The number of aromatic nitrogens is 1. The number of hydrogen-bond donors (Lipinski definition) is 3. The molecule has 0 saturated carbocycles. The lowest BCUT2D eigenvalue weighted by atomic mass is 10.0. The van der Waals surface area contributed by atoms with Gasteiger partial charge in [0.1, 0.15) is 11.8 Å². The first-order valence-electron chi connectivity index (χ1n) is 10.5. The second kappa shape index (κ2) is 8.55. The van der Waals surface area contributed by atoms with Crippen molar-refractivity contribution in [2.45, 2.75) is 45.2 Å². The molecule has 3 heterocycles. The lowest BCUT2D eigenvalue weighted by Crippen LogP contribution is -2.37. The Balaban J connectivity index is 1.61. The number of benzene rings is 1. The van der Waals surface area contributed by atoms with Crippen LogP contribution in [0.15, 0.2) is 22.7 Å². The Bertz CT molecular complexity index is 1140. The van der Waals surface area contributed by atoms with E-state index in [1.54, 1.807) is 0 Å². The Kier molecular flexibility index (Phi) is 5.95. The van der Waals surface area contributed by atoms with Gasteiger partial charge >= 0.3 is 0 Å². The number of amides is 2. The quantitative estimate of drug-likeness (QED) is 0.595. The Morgan fingerprint density at radius 2 is 2.03 bits per heavy atom. The molecule has 3 N–H and O–H groups in total. The standard InChI is InChI=1S/C21H27N5O5S/c1-12-20(13(2)31-25-12)14-4-5-16(22-15-8-9-26(11-15)32(3,29)30)18(10-14)24-21(28)17-6-7-19(27)23-17/h4-5,10,15,17,22H,6-9,11H2,1-3H3,(H,23,27)(H,24,28). The number of nitrogens with one attached hydrogen (secondary N) is 3. The first-order valence-corrected chi connectivity index (χ1v) is 12.4. The lowest BCUT2D eigenvalue weighted by molar-refractivity contribution is -0.122. The summed E-state index contributed by atoms with van der Waals surface area (Å²) in [5.74, 6) is 0.238. The minimum Gasteiger partial charge on any atom is -0.379 e. The first-order chi connectivity index (χ1) is 15.1. The summed E-state index contributed by atoms with van der Waals surface area (Å²) in [6.07, 6.45) is 2.63. The van der Waals surface area contributed by atoms with Crippen LogP contribution in [0.3, 0.4) is 0 Å². The van der Waals surface area contributed by atoms with Crippen molar-refractivity contribution in [3.8, 4) is 11.1 Å². The van der Waals surface area contributed by atoms with Crippen LogP contribution in [0.5, 0.6) is 0 Å². The van der Waals surface area contributed by atoms with E-state index < -0.39 is 16.1 Å². The Hall–Kier alpha value is -2.92. The van der Waals surface area contributed by atoms with Gasteiger partial charge in [0.25, 0.3) is 0 Å². The molecule has 2 aliphatic rings. The van der Waals surface area contributed by atoms with Crippen molar-refractivity contribution in [2.24, 2.45) is 0 Å². The number of aryl methyl sites for hydroxylation is 2. The van der Waals surface area contributed by atoms with E-state index in [4.69, 9.17) is 4.52 Å². The zero-order chi connectivity index (χ0) is 23.0. The SMILES string of the molecule is Cc1noc(C)c1-c1ccc(NC2CCN(S(C)(=O)=O)C2)c(NC(=O)C2CCC(=O)N2)c1. The third-order valence-electron chi connectivity index (χ3n) is 5.89. The zero-order valence-electron chi connectivity index (χ0n) is 18.3. The third kappa shape index (κ3) is 4.63. The second-order valence-electron chi connectivity index (χ2n) is 8.36. The molecule has 2 amide bonds. The van der Waals surface area contributed by atoms with Crippen LogP contribution in [0.2, 0.25) is 0 Å². The molecule has 2 aliphatic heterocycles. The molecular formula is C21H27N5O5S. The summed E-state index contributed by atoms with van der Waals surface area (Å²) in [6, 6.07) is 4.94. The van der Waals surface area contributed by atoms with Crippen molar-refractivity contribution in [2.75, 3.05) is 30.0 Å². The highest BCUT2D eigenvalue weighted by Gasteiger charge is 2.30. The van der Waals surface area contributed by atoms with Crippen LogP contribution in [0.1, 0.15) is 30.7 Å². The van der Waals surface area contributed by atoms with E-state index >= 15 is 0 Å². The van der Waals surface area contributed by atoms with Crippen LogP contribution >= 0.6 is 0 Å². The normalized spacial score (nSPS) is 21.5. The molecule has 172 valence electrons. The van der Waals surface area contributed by atoms with Gasteiger partial charge in [0.15, 0.2) is 0 Å². The number of nitrogens with zero attached hydrogens (tertiary/aromatic N) is 2. The van der Waals surface area contributed by atoms with Crippen LogP contribution in [-0.4, -0.2) is 61.1 Å². The Morgan fingerprint density at radius 1 is 1.25 bits per heavy atom. The van der Waals surface area contributed by atoms with Crippen molar-refractivity contribution in [1.29, 1.82) is 0 Å². The van der Waals surface area contributed by atoms with Crippen LogP contribution in [0.4, 0.5) is 11.4 Å². The van der Waals surface area contributed by atoms with Gasteiger partial charge in [-0.2, -0.15) is 0 Å². The van der Waals surface area contributed by atoms with Gasteiger partial charge in [0.2, 0.25) is 21.8 Å². The summed E-state index contributed by atoms with van der Waals surface area (Å²) < 4.78 is 30.4. The molecule has 0 radical (unpaired) electrons. The molecule has 2 fully saturated rings. The molecule has 32 heavy (non-hydrogen) atoms. The third-order valence-corrected chi connectivity index (χ3v) is 7.16. The van der Waals surface area contributed by atoms with Gasteiger partial charge in [-0.1, -0.05) is 11.2 Å². The summed E-state index contributed by atoms with van der Waals surface area (Å²) >= 11 is 0. The lowest BCUT2D eigenvalue weighted by Gasteiger charge is -2.20. The van der Waals surface area contributed by atoms with E-state index in [0.717, 1.165) is 16.8 Å². The summed E-state index contributed by atoms with van der Waals surface area (Å²) in [4.78, 5) is 24.3. The van der Waals surface area contributed by atoms with Crippen LogP contribution in [-0.2, 0) is 19.6 Å². The van der Waals surface area contributed by atoms with E-state index in [1.807, 2.05) is 32.0 Å². The molecule has 2 aromatic rings. The summed E-state index contributed by atoms with van der Waals surface area (Å²) in [5.41, 5.74) is 3.65. The highest BCUT2D eigenvalue weighted by molar-refractivity contribution is 7.88. The van der Waals surface area contributed by atoms with Crippen LogP contribution in [0.25, 0.3) is 11.1 Å². The van der Waals surface area contributed by atoms with Crippen LogP contribution in [0, 0.1) is 13.8 Å². The van der Waals surface area contributed by atoms with Crippen LogP contribution < -0.4 is 16.0 Å². The van der Waals surface area contributed by atoms with Gasteiger partial charge in [0, 0.05) is 31.1 Å². The van der Waals surface area contributed by atoms with Gasteiger partial charge in [-0.15, -0.1) is 0 Å². The number of rotatable bonds is 6. The van der Waals surface area contributed by atoms with E-state index in [2.05, 4.69) is 21.1 Å². The van der Waals surface area contributed by atoms with E-state index in [1.165, 1.54) is 10.6 Å². The van der Waals surface area contributed by atoms with Gasteiger partial charge in [0.05, 0.1) is 23.3 Å². The van der Waals surface area contributed by atoms with Crippen molar-refractivity contribution >= 4 is 33.2 Å². The molecule has 0 aliphatic carbocycles. The monoisotopic (exact) mass is 461 g/mol. The highest BCUT2D eigenvalue weighted by atomic mass is 32.2. The average Bonchev–Trinajstić information content (AvgIpc) is 3.44. The maximum Gasteiger partial charge on any atom is 0.247 e. The van der Waals surface area contributed by atoms with E-state index in [9.17, 15) is 18.0 Å². The fourth-order valence-corrected chi connectivity index (χ4v) is 5.11. The fourth-order valence-electron chi connectivity index (χ4n) is 4.22. The molecule has 0 spiro atoms. The van der Waals surface area contributed by atoms with Crippen molar-refractivity contribution < 1.29 is 22.5 Å². The molecule has 1 aromatic carbocycles. The second-order valence-corrected chi connectivity index (χ2v) is 10.3. The number of carbonyl (C=O) groups is 2. The van der Waals surface area contributed by atoms with Crippen molar-refractivity contribution in [1.82, 2.24) is 14.8 Å². The molecule has 2 unspecified atom stereocenters. The number of hydrogen-bond acceptors (Lipinski definition) is 7. The number of anilines is 2. The predicted octanol–water partition coefficient (Wildman–Crippen LogP) is 1.62. The van der Waals surface area contributed by atoms with E-state index in [0.29, 0.717) is 49.5 Å². The zero-order valence-corrected chi connectivity index (χ0v) is 19.1. The van der Waals surface area contributed by atoms with Gasteiger partial charge < -0.3 is 20.5 Å². The summed E-state index contributed by atoms with van der Waals surface area (Å²) in [6.45, 7) is 4.48. The molecule has 0 bridgehead atoms. The Morgan fingerprint density at radius 3 is 2.62 bits per heavy atom. The largest absolute Gasteiger partial charge is 0.379 e.